The Balaban J connectivity index is 2.71. The maximum absolute atomic E-state index is 11.6. The zero-order chi connectivity index (χ0) is 12.8. The summed E-state index contributed by atoms with van der Waals surface area (Å²) in [7, 11) is 1.36. The number of nitrogens with zero attached hydrogens (tertiary/aromatic N) is 2. The monoisotopic (exact) mass is 257 g/mol. The third-order valence-electron chi connectivity index (χ3n) is 2.12. The molecule has 0 aliphatic heterocycles. The average molecular weight is 258 g/mol. The van der Waals surface area contributed by atoms with Gasteiger partial charge >= 0.3 is 5.97 Å². The highest BCUT2D eigenvalue weighted by molar-refractivity contribution is 6.30. The summed E-state index contributed by atoms with van der Waals surface area (Å²) in [6, 6.07) is -0.443. The summed E-state index contributed by atoms with van der Waals surface area (Å²) < 4.78 is 4.73. The van der Waals surface area contributed by atoms with Crippen molar-refractivity contribution in [2.45, 2.75) is 26.3 Å². The molecule has 0 aromatic carbocycles. The first-order valence-electron chi connectivity index (χ1n) is 5.34. The van der Waals surface area contributed by atoms with Crippen LogP contribution in [-0.2, 0) is 9.53 Å². The van der Waals surface area contributed by atoms with E-state index in [1.165, 1.54) is 19.5 Å². The molecule has 6 heteroatoms. The minimum atomic E-state index is -0.443. The predicted molar refractivity (Wildman–Crippen MR) is 65.9 cm³/mol. The molecular formula is C11H16ClN3O2. The Morgan fingerprint density at radius 3 is 2.53 bits per heavy atom. The van der Waals surface area contributed by atoms with Crippen LogP contribution in [0.15, 0.2) is 12.4 Å². The molecule has 0 saturated heterocycles. The van der Waals surface area contributed by atoms with E-state index in [9.17, 15) is 4.79 Å². The highest BCUT2D eigenvalue weighted by Gasteiger charge is 2.21. The Hall–Kier alpha value is -1.36. The lowest BCUT2D eigenvalue weighted by Crippen LogP contribution is -2.32. The molecule has 0 saturated carbocycles. The van der Waals surface area contributed by atoms with Crippen molar-refractivity contribution >= 4 is 23.5 Å². The van der Waals surface area contributed by atoms with Gasteiger partial charge in [0.25, 0.3) is 0 Å². The van der Waals surface area contributed by atoms with Gasteiger partial charge in [0.05, 0.1) is 24.5 Å². The molecule has 0 aliphatic carbocycles. The predicted octanol–water partition coefficient (Wildman–Crippen LogP) is 2.13. The van der Waals surface area contributed by atoms with Crippen LogP contribution in [0.5, 0.6) is 0 Å². The fourth-order valence-corrected chi connectivity index (χ4v) is 1.47. The SMILES string of the molecule is COC(=O)C(CC(C)C)Nc1ncc(Cl)cn1. The summed E-state index contributed by atoms with van der Waals surface area (Å²) in [5, 5.41) is 3.39. The normalized spacial score (nSPS) is 12.3. The van der Waals surface area contributed by atoms with Crippen molar-refractivity contribution in [1.82, 2.24) is 9.97 Å². The van der Waals surface area contributed by atoms with Crippen molar-refractivity contribution in [3.8, 4) is 0 Å². The van der Waals surface area contributed by atoms with Crippen molar-refractivity contribution in [2.24, 2.45) is 5.92 Å². The molecule has 1 aromatic rings. The number of halogens is 1. The molecule has 1 heterocycles. The number of carbonyl (C=O) groups is 1. The molecule has 1 unspecified atom stereocenters. The first kappa shape index (κ1) is 13.7. The van der Waals surface area contributed by atoms with E-state index >= 15 is 0 Å². The molecule has 0 bridgehead atoms. The van der Waals surface area contributed by atoms with E-state index in [1.807, 2.05) is 13.8 Å². The van der Waals surface area contributed by atoms with Crippen LogP contribution in [-0.4, -0.2) is 29.1 Å². The van der Waals surface area contributed by atoms with Crippen LogP contribution >= 0.6 is 11.6 Å². The maximum Gasteiger partial charge on any atom is 0.328 e. The van der Waals surface area contributed by atoms with Gasteiger partial charge in [0.1, 0.15) is 6.04 Å². The quantitative estimate of drug-likeness (QED) is 0.819. The van der Waals surface area contributed by atoms with Crippen molar-refractivity contribution in [2.75, 3.05) is 12.4 Å². The molecule has 1 atom stereocenters. The second-order valence-electron chi connectivity index (χ2n) is 4.07. The third-order valence-corrected chi connectivity index (χ3v) is 2.31. The summed E-state index contributed by atoms with van der Waals surface area (Å²) in [6.07, 6.45) is 3.60. The Labute approximate surface area is 106 Å². The third kappa shape index (κ3) is 4.56. The summed E-state index contributed by atoms with van der Waals surface area (Å²) in [5.41, 5.74) is 0. The van der Waals surface area contributed by atoms with E-state index in [0.29, 0.717) is 23.3 Å². The number of esters is 1. The first-order chi connectivity index (χ1) is 8.02. The second kappa shape index (κ2) is 6.39. The van der Waals surface area contributed by atoms with Gasteiger partial charge in [-0.05, 0) is 12.3 Å². The van der Waals surface area contributed by atoms with Crippen molar-refractivity contribution in [3.63, 3.8) is 0 Å². The van der Waals surface area contributed by atoms with Gasteiger partial charge in [0, 0.05) is 0 Å². The van der Waals surface area contributed by atoms with Crippen LogP contribution in [0.25, 0.3) is 0 Å². The first-order valence-corrected chi connectivity index (χ1v) is 5.72. The van der Waals surface area contributed by atoms with E-state index < -0.39 is 6.04 Å². The lowest BCUT2D eigenvalue weighted by Gasteiger charge is -2.17. The van der Waals surface area contributed by atoms with Gasteiger partial charge < -0.3 is 10.1 Å². The van der Waals surface area contributed by atoms with Gasteiger partial charge in [-0.25, -0.2) is 14.8 Å². The van der Waals surface area contributed by atoms with Gasteiger partial charge in [-0.3, -0.25) is 0 Å². The van der Waals surface area contributed by atoms with Crippen LogP contribution in [0.3, 0.4) is 0 Å². The van der Waals surface area contributed by atoms with Gasteiger partial charge in [-0.15, -0.1) is 0 Å². The van der Waals surface area contributed by atoms with Crippen molar-refractivity contribution in [1.29, 1.82) is 0 Å². The number of hydrogen-bond acceptors (Lipinski definition) is 5. The number of aromatic nitrogens is 2. The zero-order valence-corrected chi connectivity index (χ0v) is 10.9. The molecule has 17 heavy (non-hydrogen) atoms. The summed E-state index contributed by atoms with van der Waals surface area (Å²) in [5.74, 6) is 0.404. The Morgan fingerprint density at radius 2 is 2.06 bits per heavy atom. The number of methoxy groups -OCH3 is 1. The minimum Gasteiger partial charge on any atom is -0.467 e. The second-order valence-corrected chi connectivity index (χ2v) is 4.51. The summed E-state index contributed by atoms with van der Waals surface area (Å²) in [6.45, 7) is 4.06. The summed E-state index contributed by atoms with van der Waals surface area (Å²) in [4.78, 5) is 19.5. The standard InChI is InChI=1S/C11H16ClN3O2/c1-7(2)4-9(10(16)17-3)15-11-13-5-8(12)6-14-11/h5-7,9H,4H2,1-3H3,(H,13,14,15). The number of anilines is 1. The Bertz CT molecular complexity index is 367. The molecule has 1 aromatic heterocycles. The topological polar surface area (TPSA) is 64.1 Å². The van der Waals surface area contributed by atoms with Gasteiger partial charge in [-0.1, -0.05) is 25.4 Å². The molecule has 0 radical (unpaired) electrons. The smallest absolute Gasteiger partial charge is 0.328 e. The van der Waals surface area contributed by atoms with E-state index in [2.05, 4.69) is 15.3 Å². The lowest BCUT2D eigenvalue weighted by molar-refractivity contribution is -0.141. The number of rotatable bonds is 5. The fourth-order valence-electron chi connectivity index (χ4n) is 1.37. The molecule has 1 rings (SSSR count). The van der Waals surface area contributed by atoms with Crippen molar-refractivity contribution < 1.29 is 9.53 Å². The molecule has 1 N–H and O–H groups in total. The molecule has 0 spiro atoms. The molecule has 94 valence electrons. The average Bonchev–Trinajstić information content (AvgIpc) is 2.29. The minimum absolute atomic E-state index is 0.322. The molecule has 0 amide bonds. The van der Waals surface area contributed by atoms with E-state index in [-0.39, 0.29) is 5.97 Å². The van der Waals surface area contributed by atoms with Crippen LogP contribution < -0.4 is 5.32 Å². The van der Waals surface area contributed by atoms with Gasteiger partial charge in [0.2, 0.25) is 5.95 Å². The zero-order valence-electron chi connectivity index (χ0n) is 10.1. The lowest BCUT2D eigenvalue weighted by atomic mass is 10.0. The number of nitrogens with one attached hydrogen (secondary N) is 1. The molecule has 5 nitrogen and oxygen atoms in total. The van der Waals surface area contributed by atoms with Gasteiger partial charge in [-0.2, -0.15) is 0 Å². The van der Waals surface area contributed by atoms with Crippen molar-refractivity contribution in [3.05, 3.63) is 17.4 Å². The highest BCUT2D eigenvalue weighted by Crippen LogP contribution is 2.12. The van der Waals surface area contributed by atoms with E-state index in [4.69, 9.17) is 16.3 Å². The molecular weight excluding hydrogens is 242 g/mol. The summed E-state index contributed by atoms with van der Waals surface area (Å²) >= 11 is 5.68. The number of ether oxygens (including phenoxy) is 1. The van der Waals surface area contributed by atoms with E-state index in [0.717, 1.165) is 0 Å². The van der Waals surface area contributed by atoms with Crippen LogP contribution in [0.1, 0.15) is 20.3 Å². The largest absolute Gasteiger partial charge is 0.467 e. The Morgan fingerprint density at radius 1 is 1.47 bits per heavy atom. The molecule has 0 aliphatic rings. The van der Waals surface area contributed by atoms with Crippen LogP contribution in [0.2, 0.25) is 5.02 Å². The fraction of sp³-hybridized carbons (Fsp3) is 0.545. The van der Waals surface area contributed by atoms with Crippen LogP contribution in [0, 0.1) is 5.92 Å². The number of carbonyl (C=O) groups excluding carboxylic acids is 1. The van der Waals surface area contributed by atoms with Gasteiger partial charge in [0.15, 0.2) is 0 Å². The highest BCUT2D eigenvalue weighted by atomic mass is 35.5. The Kier molecular flexibility index (Phi) is 5.15. The number of hydrogen-bond donors (Lipinski definition) is 1. The van der Waals surface area contributed by atoms with E-state index in [1.54, 1.807) is 0 Å². The van der Waals surface area contributed by atoms with Crippen LogP contribution in [0.4, 0.5) is 5.95 Å². The maximum atomic E-state index is 11.6. The molecule has 0 fully saturated rings.